The fourth-order valence-corrected chi connectivity index (χ4v) is 2.66. The molecule has 3 rings (SSSR count). The average molecular weight is 345 g/mol. The van der Waals surface area contributed by atoms with Gasteiger partial charge in [-0.25, -0.2) is 4.98 Å². The predicted molar refractivity (Wildman–Crippen MR) is 92.0 cm³/mol. The molecule has 0 spiro atoms. The van der Waals surface area contributed by atoms with E-state index < -0.39 is 0 Å². The van der Waals surface area contributed by atoms with Crippen LogP contribution in [0.25, 0.3) is 5.65 Å². The molecule has 5 nitrogen and oxygen atoms in total. The summed E-state index contributed by atoms with van der Waals surface area (Å²) in [5, 5.41) is 6.38. The predicted octanol–water partition coefficient (Wildman–Crippen LogP) is 1.84. The van der Waals surface area contributed by atoms with Crippen LogP contribution in [0.3, 0.4) is 0 Å². The number of hydrogen-bond donors (Lipinski definition) is 2. The molecule has 0 aliphatic carbocycles. The van der Waals surface area contributed by atoms with Crippen molar-refractivity contribution in [3.8, 4) is 0 Å². The van der Waals surface area contributed by atoms with Gasteiger partial charge in [-0.2, -0.15) is 0 Å². The number of halogens is 2. The van der Waals surface area contributed by atoms with Crippen LogP contribution in [0.1, 0.15) is 18.5 Å². The lowest BCUT2D eigenvalue weighted by Gasteiger charge is -2.22. The highest BCUT2D eigenvalue weighted by Gasteiger charge is 2.14. The Morgan fingerprint density at radius 1 is 1.41 bits per heavy atom. The van der Waals surface area contributed by atoms with Crippen LogP contribution in [0, 0.1) is 5.92 Å². The summed E-state index contributed by atoms with van der Waals surface area (Å²) in [7, 11) is 0. The Kier molecular flexibility index (Phi) is 7.65. The van der Waals surface area contributed by atoms with E-state index in [2.05, 4.69) is 15.6 Å². The van der Waals surface area contributed by atoms with Gasteiger partial charge in [0, 0.05) is 18.9 Å². The SMILES string of the molecule is Cl.Cl.O=C(Cc1cn2ccccc2n1)NCC1CCCNC1. The third kappa shape index (κ3) is 4.87. The molecule has 0 aromatic carbocycles. The summed E-state index contributed by atoms with van der Waals surface area (Å²) in [6.07, 6.45) is 6.60. The van der Waals surface area contributed by atoms with Crippen LogP contribution in [-0.2, 0) is 11.2 Å². The van der Waals surface area contributed by atoms with E-state index in [1.54, 1.807) is 0 Å². The van der Waals surface area contributed by atoms with Crippen molar-refractivity contribution < 1.29 is 4.79 Å². The lowest BCUT2D eigenvalue weighted by atomic mass is 10.00. The van der Waals surface area contributed by atoms with E-state index in [9.17, 15) is 4.79 Å². The Morgan fingerprint density at radius 2 is 2.27 bits per heavy atom. The molecule has 1 saturated heterocycles. The first-order chi connectivity index (χ1) is 9.81. The molecule has 2 aromatic rings. The highest BCUT2D eigenvalue weighted by molar-refractivity contribution is 5.85. The number of hydrogen-bond acceptors (Lipinski definition) is 3. The number of amides is 1. The van der Waals surface area contributed by atoms with E-state index >= 15 is 0 Å². The Balaban J connectivity index is 0.00000121. The monoisotopic (exact) mass is 344 g/mol. The molecular formula is C15H22Cl2N4O. The minimum Gasteiger partial charge on any atom is -0.355 e. The maximum Gasteiger partial charge on any atom is 0.226 e. The van der Waals surface area contributed by atoms with Crippen LogP contribution in [0.2, 0.25) is 0 Å². The van der Waals surface area contributed by atoms with E-state index in [1.165, 1.54) is 12.8 Å². The number of imidazole rings is 1. The molecule has 22 heavy (non-hydrogen) atoms. The maximum atomic E-state index is 12.0. The van der Waals surface area contributed by atoms with Gasteiger partial charge in [-0.3, -0.25) is 4.79 Å². The van der Waals surface area contributed by atoms with E-state index in [0.717, 1.165) is 31.0 Å². The molecule has 1 unspecified atom stereocenters. The Labute approximate surface area is 142 Å². The first kappa shape index (κ1) is 18.7. The fraction of sp³-hybridized carbons (Fsp3) is 0.467. The summed E-state index contributed by atoms with van der Waals surface area (Å²) in [5.74, 6) is 0.618. The van der Waals surface area contributed by atoms with Crippen LogP contribution < -0.4 is 10.6 Å². The molecule has 122 valence electrons. The van der Waals surface area contributed by atoms with E-state index in [1.807, 2.05) is 35.0 Å². The van der Waals surface area contributed by atoms with Crippen LogP contribution in [0.5, 0.6) is 0 Å². The average Bonchev–Trinajstić information content (AvgIpc) is 2.88. The number of fused-ring (bicyclic) bond motifs is 1. The molecule has 2 aromatic heterocycles. The van der Waals surface area contributed by atoms with Gasteiger partial charge in [0.2, 0.25) is 5.91 Å². The molecule has 3 heterocycles. The Bertz CT molecular complexity index is 563. The van der Waals surface area contributed by atoms with Gasteiger partial charge >= 0.3 is 0 Å². The summed E-state index contributed by atoms with van der Waals surface area (Å²) in [6, 6.07) is 5.84. The van der Waals surface area contributed by atoms with Crippen LogP contribution >= 0.6 is 24.8 Å². The molecule has 1 aliphatic rings. The van der Waals surface area contributed by atoms with Crippen LogP contribution in [0.4, 0.5) is 0 Å². The zero-order valence-electron chi connectivity index (χ0n) is 12.3. The number of aromatic nitrogens is 2. The maximum absolute atomic E-state index is 12.0. The summed E-state index contributed by atoms with van der Waals surface area (Å²) in [5.41, 5.74) is 1.70. The van der Waals surface area contributed by atoms with Crippen molar-refractivity contribution >= 4 is 36.4 Å². The van der Waals surface area contributed by atoms with Gasteiger partial charge < -0.3 is 15.0 Å². The second kappa shape index (κ2) is 8.98. The Morgan fingerprint density at radius 3 is 3.00 bits per heavy atom. The first-order valence-electron chi connectivity index (χ1n) is 7.21. The zero-order valence-corrected chi connectivity index (χ0v) is 14.0. The van der Waals surface area contributed by atoms with Crippen molar-refractivity contribution in [3.63, 3.8) is 0 Å². The lowest BCUT2D eigenvalue weighted by Crippen LogP contribution is -2.38. The molecule has 1 aliphatic heterocycles. The van der Waals surface area contributed by atoms with Crippen molar-refractivity contribution in [3.05, 3.63) is 36.3 Å². The van der Waals surface area contributed by atoms with E-state index in [0.29, 0.717) is 12.3 Å². The molecule has 1 atom stereocenters. The second-order valence-corrected chi connectivity index (χ2v) is 5.39. The largest absolute Gasteiger partial charge is 0.355 e. The smallest absolute Gasteiger partial charge is 0.226 e. The van der Waals surface area contributed by atoms with Crippen LogP contribution in [-0.4, -0.2) is 34.9 Å². The van der Waals surface area contributed by atoms with Crippen molar-refractivity contribution in [2.24, 2.45) is 5.92 Å². The topological polar surface area (TPSA) is 58.4 Å². The molecule has 0 bridgehead atoms. The Hall–Kier alpha value is -1.30. The molecule has 0 saturated carbocycles. The number of carbonyl (C=O) groups excluding carboxylic acids is 1. The number of nitrogens with one attached hydrogen (secondary N) is 2. The first-order valence-corrected chi connectivity index (χ1v) is 7.21. The number of carbonyl (C=O) groups is 1. The van der Waals surface area contributed by atoms with Crippen molar-refractivity contribution in [1.82, 2.24) is 20.0 Å². The molecule has 7 heteroatoms. The summed E-state index contributed by atoms with van der Waals surface area (Å²) in [6.45, 7) is 2.87. The number of nitrogens with zero attached hydrogens (tertiary/aromatic N) is 2. The fourth-order valence-electron chi connectivity index (χ4n) is 2.66. The molecular weight excluding hydrogens is 323 g/mol. The highest BCUT2D eigenvalue weighted by Crippen LogP contribution is 2.09. The number of pyridine rings is 1. The highest BCUT2D eigenvalue weighted by atomic mass is 35.5. The van der Waals surface area contributed by atoms with Crippen molar-refractivity contribution in [2.45, 2.75) is 19.3 Å². The van der Waals surface area contributed by atoms with Gasteiger partial charge in [0.1, 0.15) is 5.65 Å². The van der Waals surface area contributed by atoms with Gasteiger partial charge in [-0.05, 0) is 44.0 Å². The summed E-state index contributed by atoms with van der Waals surface area (Å²) in [4.78, 5) is 16.4. The minimum absolute atomic E-state index is 0. The van der Waals surface area contributed by atoms with Gasteiger partial charge in [0.25, 0.3) is 0 Å². The van der Waals surface area contributed by atoms with Gasteiger partial charge in [-0.15, -0.1) is 24.8 Å². The van der Waals surface area contributed by atoms with Crippen molar-refractivity contribution in [2.75, 3.05) is 19.6 Å². The van der Waals surface area contributed by atoms with Gasteiger partial charge in [-0.1, -0.05) is 6.07 Å². The molecule has 1 amide bonds. The van der Waals surface area contributed by atoms with Gasteiger partial charge in [0.15, 0.2) is 0 Å². The number of piperidine rings is 1. The minimum atomic E-state index is 0. The third-order valence-corrected chi connectivity index (χ3v) is 3.74. The normalized spacial score (nSPS) is 17.4. The zero-order chi connectivity index (χ0) is 13.8. The molecule has 2 N–H and O–H groups in total. The van der Waals surface area contributed by atoms with Gasteiger partial charge in [0.05, 0.1) is 12.1 Å². The van der Waals surface area contributed by atoms with Crippen LogP contribution in [0.15, 0.2) is 30.6 Å². The standard InChI is InChI=1S/C15H20N4O.2ClH/c20-15(17-10-12-4-3-6-16-9-12)8-13-11-19-7-2-1-5-14(19)18-13;;/h1-2,5,7,11-12,16H,3-4,6,8-10H2,(H,17,20);2*1H. The number of rotatable bonds is 4. The summed E-state index contributed by atoms with van der Waals surface area (Å²) >= 11 is 0. The second-order valence-electron chi connectivity index (χ2n) is 5.39. The third-order valence-electron chi connectivity index (χ3n) is 3.74. The molecule has 1 fully saturated rings. The quantitative estimate of drug-likeness (QED) is 0.889. The summed E-state index contributed by atoms with van der Waals surface area (Å²) < 4.78 is 1.94. The lowest BCUT2D eigenvalue weighted by molar-refractivity contribution is -0.120. The van der Waals surface area contributed by atoms with Crippen molar-refractivity contribution in [1.29, 1.82) is 0 Å². The molecule has 0 radical (unpaired) electrons. The van der Waals surface area contributed by atoms with E-state index in [-0.39, 0.29) is 30.7 Å². The van der Waals surface area contributed by atoms with E-state index in [4.69, 9.17) is 0 Å².